The zero-order valence-electron chi connectivity index (χ0n) is 12.9. The Labute approximate surface area is 130 Å². The highest BCUT2D eigenvalue weighted by atomic mass is 16.5. The monoisotopic (exact) mass is 306 g/mol. The van der Waals surface area contributed by atoms with Crippen molar-refractivity contribution in [1.82, 2.24) is 0 Å². The lowest BCUT2D eigenvalue weighted by Crippen LogP contribution is -2.16. The number of carbonyl (C=O) groups is 2. The first-order valence-electron chi connectivity index (χ1n) is 7.37. The smallest absolute Gasteiger partial charge is 0.313 e. The quantitative estimate of drug-likeness (QED) is 0.334. The Morgan fingerprint density at radius 1 is 1.32 bits per heavy atom. The average molecular weight is 306 g/mol. The Balaban J connectivity index is 2.82. The second-order valence-corrected chi connectivity index (χ2v) is 4.80. The molecule has 0 saturated carbocycles. The van der Waals surface area contributed by atoms with Gasteiger partial charge in [0.15, 0.2) is 0 Å². The third-order valence-corrected chi connectivity index (χ3v) is 3.17. The number of hydrogen-bond donors (Lipinski definition) is 2. The second-order valence-electron chi connectivity index (χ2n) is 4.80. The highest BCUT2D eigenvalue weighted by Gasteiger charge is 2.21. The average Bonchev–Trinajstić information content (AvgIpc) is 2.50. The number of unbranched alkanes of at least 4 members (excludes halogenated alkanes) is 1. The number of amides is 1. The summed E-state index contributed by atoms with van der Waals surface area (Å²) >= 11 is 0. The summed E-state index contributed by atoms with van der Waals surface area (Å²) in [4.78, 5) is 23.3. The molecule has 0 fully saturated rings. The van der Waals surface area contributed by atoms with Crippen molar-refractivity contribution in [3.05, 3.63) is 29.8 Å². The molecule has 6 heteroatoms. The minimum Gasteiger partial charge on any atom is -0.466 e. The molecule has 0 aromatic heterocycles. The van der Waals surface area contributed by atoms with Crippen LogP contribution in [0.2, 0.25) is 0 Å². The van der Waals surface area contributed by atoms with Gasteiger partial charge in [-0.3, -0.25) is 9.59 Å². The zero-order valence-corrected chi connectivity index (χ0v) is 12.9. The minimum absolute atomic E-state index is 0.222. The van der Waals surface area contributed by atoms with Gasteiger partial charge in [-0.05, 0) is 31.0 Å². The van der Waals surface area contributed by atoms with Gasteiger partial charge < -0.3 is 15.3 Å². The largest absolute Gasteiger partial charge is 0.466 e. The van der Waals surface area contributed by atoms with Crippen molar-refractivity contribution in [1.29, 1.82) is 0 Å². The maximum atomic E-state index is 12.1. The van der Waals surface area contributed by atoms with Gasteiger partial charge in [-0.25, -0.2) is 0 Å². The van der Waals surface area contributed by atoms with Crippen LogP contribution >= 0.6 is 0 Å². The Bertz CT molecular complexity index is 511. The number of carbonyl (C=O) groups excluding carboxylic acids is 2. The number of nitrogens with zero attached hydrogens (tertiary/aromatic N) is 1. The van der Waals surface area contributed by atoms with Crippen LogP contribution in [-0.4, -0.2) is 29.9 Å². The lowest BCUT2D eigenvalue weighted by atomic mass is 9.93. The van der Waals surface area contributed by atoms with E-state index in [1.54, 1.807) is 31.2 Å². The minimum atomic E-state index is -0.525. The van der Waals surface area contributed by atoms with Crippen molar-refractivity contribution >= 4 is 23.8 Å². The topological polar surface area (TPSA) is 88.0 Å². The molecule has 0 aliphatic rings. The van der Waals surface area contributed by atoms with Crippen LogP contribution in [0.25, 0.3) is 0 Å². The third kappa shape index (κ3) is 5.55. The molecule has 1 rings (SSSR count). The standard InChI is InChI=1S/C16H22N2O4/c1-3-5-6-14(16(20)22-4-2)12-7-9-13(10-8-12)18-15(19)11-17-21/h7-11,14,21H,3-6H2,1-2H3,(H,18,19). The number of anilines is 1. The Hall–Kier alpha value is -2.37. The van der Waals surface area contributed by atoms with Crippen molar-refractivity contribution in [3.8, 4) is 0 Å². The molecule has 0 aliphatic heterocycles. The first-order chi connectivity index (χ1) is 10.6. The van der Waals surface area contributed by atoms with Gasteiger partial charge in [-0.15, -0.1) is 0 Å². The first-order valence-corrected chi connectivity index (χ1v) is 7.37. The SMILES string of the molecule is CCCCC(C(=O)OCC)c1ccc(NC(=O)C=NO)cc1. The van der Waals surface area contributed by atoms with E-state index < -0.39 is 5.91 Å². The first kappa shape index (κ1) is 17.7. The summed E-state index contributed by atoms with van der Waals surface area (Å²) in [5.74, 6) is -1.04. The van der Waals surface area contributed by atoms with E-state index in [9.17, 15) is 9.59 Å². The summed E-state index contributed by atoms with van der Waals surface area (Å²) in [6, 6.07) is 7.00. The van der Waals surface area contributed by atoms with E-state index in [-0.39, 0.29) is 11.9 Å². The van der Waals surface area contributed by atoms with Crippen molar-refractivity contribution in [2.24, 2.45) is 5.16 Å². The normalized spacial score (nSPS) is 12.1. The van der Waals surface area contributed by atoms with Crippen LogP contribution in [-0.2, 0) is 14.3 Å². The summed E-state index contributed by atoms with van der Waals surface area (Å²) in [6.07, 6.45) is 3.45. The molecule has 1 amide bonds. The number of rotatable bonds is 8. The fourth-order valence-electron chi connectivity index (χ4n) is 2.10. The lowest BCUT2D eigenvalue weighted by molar-refractivity contribution is -0.145. The van der Waals surface area contributed by atoms with Crippen LogP contribution < -0.4 is 5.32 Å². The fourth-order valence-corrected chi connectivity index (χ4v) is 2.10. The van der Waals surface area contributed by atoms with Gasteiger partial charge in [-0.2, -0.15) is 0 Å². The Morgan fingerprint density at radius 2 is 2.00 bits per heavy atom. The summed E-state index contributed by atoms with van der Waals surface area (Å²) in [5.41, 5.74) is 1.42. The molecule has 0 heterocycles. The molecule has 0 aliphatic carbocycles. The van der Waals surface area contributed by atoms with E-state index in [0.717, 1.165) is 31.0 Å². The number of hydrogen-bond acceptors (Lipinski definition) is 5. The summed E-state index contributed by atoms with van der Waals surface area (Å²) in [5, 5.41) is 13.5. The molecule has 2 N–H and O–H groups in total. The predicted octanol–water partition coefficient (Wildman–Crippen LogP) is 2.92. The van der Waals surface area contributed by atoms with Crippen molar-refractivity contribution in [2.75, 3.05) is 11.9 Å². The number of oxime groups is 1. The van der Waals surface area contributed by atoms with Crippen molar-refractivity contribution in [2.45, 2.75) is 39.0 Å². The molecule has 0 radical (unpaired) electrons. The van der Waals surface area contributed by atoms with Crippen molar-refractivity contribution < 1.29 is 19.5 Å². The van der Waals surface area contributed by atoms with E-state index >= 15 is 0 Å². The molecule has 0 spiro atoms. The number of nitrogens with one attached hydrogen (secondary N) is 1. The molecule has 120 valence electrons. The van der Waals surface area contributed by atoms with E-state index in [1.807, 2.05) is 0 Å². The predicted molar refractivity (Wildman–Crippen MR) is 84.2 cm³/mol. The molecule has 0 bridgehead atoms. The molecule has 22 heavy (non-hydrogen) atoms. The van der Waals surface area contributed by atoms with Crippen molar-refractivity contribution in [3.63, 3.8) is 0 Å². The molecule has 1 atom stereocenters. The van der Waals surface area contributed by atoms with E-state index in [0.29, 0.717) is 12.3 Å². The van der Waals surface area contributed by atoms with Gasteiger partial charge >= 0.3 is 5.97 Å². The molecule has 0 saturated heterocycles. The van der Waals surface area contributed by atoms with Crippen LogP contribution in [0.5, 0.6) is 0 Å². The van der Waals surface area contributed by atoms with Crippen LogP contribution in [0.3, 0.4) is 0 Å². The fraction of sp³-hybridized carbons (Fsp3) is 0.438. The molecular formula is C16H22N2O4. The highest BCUT2D eigenvalue weighted by Crippen LogP contribution is 2.25. The Morgan fingerprint density at radius 3 is 2.55 bits per heavy atom. The second kappa shape index (κ2) is 9.55. The van der Waals surface area contributed by atoms with Crippen LogP contribution in [0, 0.1) is 0 Å². The van der Waals surface area contributed by atoms with Crippen LogP contribution in [0.15, 0.2) is 29.4 Å². The maximum absolute atomic E-state index is 12.1. The molecule has 1 aromatic rings. The maximum Gasteiger partial charge on any atom is 0.313 e. The van der Waals surface area contributed by atoms with E-state index in [4.69, 9.17) is 9.94 Å². The summed E-state index contributed by atoms with van der Waals surface area (Å²) < 4.78 is 5.13. The number of ether oxygens (including phenoxy) is 1. The molecule has 1 aromatic carbocycles. The van der Waals surface area contributed by atoms with Gasteiger partial charge in [0.05, 0.1) is 12.5 Å². The highest BCUT2D eigenvalue weighted by molar-refractivity contribution is 6.31. The molecular weight excluding hydrogens is 284 g/mol. The zero-order chi connectivity index (χ0) is 16.4. The number of esters is 1. The van der Waals surface area contributed by atoms with Gasteiger partial charge in [-0.1, -0.05) is 37.1 Å². The van der Waals surface area contributed by atoms with Crippen LogP contribution in [0.4, 0.5) is 5.69 Å². The Kier molecular flexibility index (Phi) is 7.67. The van der Waals surface area contributed by atoms with Gasteiger partial charge in [0.2, 0.25) is 0 Å². The van der Waals surface area contributed by atoms with Gasteiger partial charge in [0.25, 0.3) is 5.91 Å². The third-order valence-electron chi connectivity index (χ3n) is 3.17. The summed E-state index contributed by atoms with van der Waals surface area (Å²) in [6.45, 7) is 4.22. The molecule has 1 unspecified atom stereocenters. The van der Waals surface area contributed by atoms with E-state index in [2.05, 4.69) is 17.4 Å². The lowest BCUT2D eigenvalue weighted by Gasteiger charge is -2.16. The number of benzene rings is 1. The molecule has 6 nitrogen and oxygen atoms in total. The van der Waals surface area contributed by atoms with Gasteiger partial charge in [0.1, 0.15) is 6.21 Å². The van der Waals surface area contributed by atoms with Gasteiger partial charge in [0, 0.05) is 5.69 Å². The van der Waals surface area contributed by atoms with E-state index in [1.165, 1.54) is 0 Å². The van der Waals surface area contributed by atoms with Crippen LogP contribution in [0.1, 0.15) is 44.6 Å². The summed E-state index contributed by atoms with van der Waals surface area (Å²) in [7, 11) is 0.